The van der Waals surface area contributed by atoms with Gasteiger partial charge in [-0.25, -0.2) is 0 Å². The van der Waals surface area contributed by atoms with Crippen molar-refractivity contribution in [2.45, 2.75) is 88.4 Å². The minimum absolute atomic E-state index is 0.314. The van der Waals surface area contributed by atoms with Crippen molar-refractivity contribution < 1.29 is 0 Å². The third-order valence-corrected chi connectivity index (χ3v) is 6.69. The molecule has 2 aliphatic rings. The quantitative estimate of drug-likeness (QED) is 0.591. The van der Waals surface area contributed by atoms with E-state index in [9.17, 15) is 0 Å². The van der Waals surface area contributed by atoms with Crippen LogP contribution in [-0.2, 0) is 0 Å². The highest BCUT2D eigenvalue weighted by atomic mass is 15.1. The van der Waals surface area contributed by atoms with Crippen LogP contribution in [0.4, 0.5) is 0 Å². The fourth-order valence-electron chi connectivity index (χ4n) is 5.14. The average molecular weight is 377 g/mol. The molecule has 0 aliphatic heterocycles. The van der Waals surface area contributed by atoms with Gasteiger partial charge in [-0.3, -0.25) is 0 Å². The Morgan fingerprint density at radius 2 is 0.857 bits per heavy atom. The van der Waals surface area contributed by atoms with E-state index in [1.165, 1.54) is 75.3 Å². The van der Waals surface area contributed by atoms with Gasteiger partial charge in [-0.1, -0.05) is 99.2 Å². The van der Waals surface area contributed by atoms with Crippen LogP contribution in [0.25, 0.3) is 0 Å². The predicted octanol–water partition coefficient (Wildman–Crippen LogP) is 6.31. The van der Waals surface area contributed by atoms with Gasteiger partial charge in [-0.2, -0.15) is 0 Å². The van der Waals surface area contributed by atoms with E-state index in [-0.39, 0.29) is 0 Å². The lowest BCUT2D eigenvalue weighted by atomic mass is 9.87. The van der Waals surface area contributed by atoms with Crippen molar-refractivity contribution in [3.8, 4) is 0 Å². The van der Waals surface area contributed by atoms with Gasteiger partial charge in [0, 0.05) is 12.1 Å². The Kier molecular flexibility index (Phi) is 7.18. The average Bonchev–Trinajstić information content (AvgIpc) is 2.79. The third-order valence-electron chi connectivity index (χ3n) is 6.69. The van der Waals surface area contributed by atoms with Crippen LogP contribution in [0.1, 0.15) is 87.4 Å². The van der Waals surface area contributed by atoms with Crippen molar-refractivity contribution in [3.05, 3.63) is 71.8 Å². The van der Waals surface area contributed by atoms with E-state index >= 15 is 0 Å². The van der Waals surface area contributed by atoms with Crippen molar-refractivity contribution in [1.29, 1.82) is 0 Å². The summed E-state index contributed by atoms with van der Waals surface area (Å²) in [7, 11) is 0. The molecule has 2 aromatic carbocycles. The van der Waals surface area contributed by atoms with Crippen molar-refractivity contribution >= 4 is 0 Å². The van der Waals surface area contributed by atoms with E-state index in [0.29, 0.717) is 24.2 Å². The molecule has 2 N–H and O–H groups in total. The Morgan fingerprint density at radius 1 is 0.500 bits per heavy atom. The molecule has 0 amide bonds. The number of benzene rings is 2. The largest absolute Gasteiger partial charge is 0.306 e. The normalized spacial score (nSPS) is 21.3. The van der Waals surface area contributed by atoms with Gasteiger partial charge in [-0.05, 0) is 36.8 Å². The summed E-state index contributed by atoms with van der Waals surface area (Å²) < 4.78 is 0. The van der Waals surface area contributed by atoms with Gasteiger partial charge < -0.3 is 10.6 Å². The van der Waals surface area contributed by atoms with E-state index < -0.39 is 0 Å². The predicted molar refractivity (Wildman–Crippen MR) is 118 cm³/mol. The minimum Gasteiger partial charge on any atom is -0.306 e. The summed E-state index contributed by atoms with van der Waals surface area (Å²) >= 11 is 0. The van der Waals surface area contributed by atoms with Crippen LogP contribution in [0.2, 0.25) is 0 Å². The molecule has 2 saturated carbocycles. The Labute approximate surface area is 171 Å². The molecular weight excluding hydrogens is 340 g/mol. The minimum atomic E-state index is 0.314. The number of nitrogens with one attached hydrogen (secondary N) is 2. The van der Waals surface area contributed by atoms with Crippen molar-refractivity contribution in [2.24, 2.45) is 0 Å². The van der Waals surface area contributed by atoms with Crippen molar-refractivity contribution in [2.75, 3.05) is 0 Å². The van der Waals surface area contributed by atoms with Gasteiger partial charge >= 0.3 is 0 Å². The molecule has 0 saturated heterocycles. The van der Waals surface area contributed by atoms with E-state index in [2.05, 4.69) is 71.3 Å². The summed E-state index contributed by atoms with van der Waals surface area (Å²) in [5, 5.41) is 8.20. The van der Waals surface area contributed by atoms with Gasteiger partial charge in [0.1, 0.15) is 0 Å². The van der Waals surface area contributed by atoms with Crippen LogP contribution in [0.15, 0.2) is 60.7 Å². The van der Waals surface area contributed by atoms with Crippen molar-refractivity contribution in [3.63, 3.8) is 0 Å². The molecule has 0 spiro atoms. The molecule has 2 aromatic rings. The van der Waals surface area contributed by atoms with E-state index in [1.54, 1.807) is 0 Å². The molecule has 2 nitrogen and oxygen atoms in total. The second-order valence-electron chi connectivity index (χ2n) is 8.78. The highest BCUT2D eigenvalue weighted by Crippen LogP contribution is 2.33. The smallest absolute Gasteiger partial charge is 0.0520 e. The lowest BCUT2D eigenvalue weighted by Gasteiger charge is -2.37. The van der Waals surface area contributed by atoms with Crippen LogP contribution < -0.4 is 10.6 Å². The fraction of sp³-hybridized carbons (Fsp3) is 0.538. The van der Waals surface area contributed by atoms with Gasteiger partial charge in [0.05, 0.1) is 12.1 Å². The molecule has 0 bridgehead atoms. The lowest BCUT2D eigenvalue weighted by molar-refractivity contribution is 0.261. The monoisotopic (exact) mass is 376 g/mol. The second-order valence-corrected chi connectivity index (χ2v) is 8.78. The zero-order valence-electron chi connectivity index (χ0n) is 17.2. The Hall–Kier alpha value is -1.64. The van der Waals surface area contributed by atoms with Crippen LogP contribution in [0, 0.1) is 0 Å². The molecule has 2 aliphatic carbocycles. The second kappa shape index (κ2) is 10.2. The third kappa shape index (κ3) is 5.24. The molecule has 150 valence electrons. The highest BCUT2D eigenvalue weighted by Gasteiger charge is 2.29. The highest BCUT2D eigenvalue weighted by molar-refractivity contribution is 5.28. The fourth-order valence-corrected chi connectivity index (χ4v) is 5.14. The summed E-state index contributed by atoms with van der Waals surface area (Å²) in [5.41, 5.74) is 2.82. The molecule has 0 radical (unpaired) electrons. The number of hydrogen-bond donors (Lipinski definition) is 2. The van der Waals surface area contributed by atoms with Crippen LogP contribution in [0.3, 0.4) is 0 Å². The first-order chi connectivity index (χ1) is 13.9. The Balaban J connectivity index is 1.62. The lowest BCUT2D eigenvalue weighted by Crippen LogP contribution is -2.44. The van der Waals surface area contributed by atoms with Crippen LogP contribution in [-0.4, -0.2) is 12.1 Å². The van der Waals surface area contributed by atoms with E-state index in [4.69, 9.17) is 0 Å². The van der Waals surface area contributed by atoms with Gasteiger partial charge in [0.2, 0.25) is 0 Å². The number of rotatable bonds is 7. The summed E-state index contributed by atoms with van der Waals surface area (Å²) in [4.78, 5) is 0. The zero-order chi connectivity index (χ0) is 19.0. The Morgan fingerprint density at radius 3 is 1.21 bits per heavy atom. The standard InChI is InChI=1S/C26H36N2/c1-5-13-21(14-6-1)25(27-23-17-9-3-10-18-23)26(22-15-7-2-8-16-22)28-24-19-11-4-12-20-24/h1-2,5-8,13-16,23-28H,3-4,9-12,17-20H2/t25-,26-/m1/s1. The first kappa shape index (κ1) is 19.7. The molecule has 0 aromatic heterocycles. The summed E-state index contributed by atoms with van der Waals surface area (Å²) in [6.07, 6.45) is 13.5. The molecule has 2 fully saturated rings. The summed E-state index contributed by atoms with van der Waals surface area (Å²) in [6.45, 7) is 0. The van der Waals surface area contributed by atoms with Gasteiger partial charge in [0.15, 0.2) is 0 Å². The maximum Gasteiger partial charge on any atom is 0.0520 e. The van der Waals surface area contributed by atoms with E-state index in [0.717, 1.165) is 0 Å². The van der Waals surface area contributed by atoms with Crippen LogP contribution in [0.5, 0.6) is 0 Å². The topological polar surface area (TPSA) is 24.1 Å². The first-order valence-electron chi connectivity index (χ1n) is 11.5. The van der Waals surface area contributed by atoms with Crippen LogP contribution >= 0.6 is 0 Å². The molecule has 28 heavy (non-hydrogen) atoms. The molecule has 0 heterocycles. The van der Waals surface area contributed by atoms with E-state index in [1.807, 2.05) is 0 Å². The maximum absolute atomic E-state index is 4.10. The molecule has 4 rings (SSSR count). The zero-order valence-corrected chi connectivity index (χ0v) is 17.2. The molecular formula is C26H36N2. The summed E-state index contributed by atoms with van der Waals surface area (Å²) in [6, 6.07) is 24.1. The number of hydrogen-bond acceptors (Lipinski definition) is 2. The van der Waals surface area contributed by atoms with Gasteiger partial charge in [0.25, 0.3) is 0 Å². The van der Waals surface area contributed by atoms with Crippen molar-refractivity contribution in [1.82, 2.24) is 10.6 Å². The maximum atomic E-state index is 4.10. The first-order valence-corrected chi connectivity index (χ1v) is 11.5. The molecule has 0 unspecified atom stereocenters. The SMILES string of the molecule is c1ccc([C@@H](NC2CCCCC2)[C@H](NC2CCCCC2)c2ccccc2)cc1. The van der Waals surface area contributed by atoms with Gasteiger partial charge in [-0.15, -0.1) is 0 Å². The molecule has 2 heteroatoms. The summed E-state index contributed by atoms with van der Waals surface area (Å²) in [5.74, 6) is 0. The molecule has 2 atom stereocenters. The Bertz CT molecular complexity index is 611.